The van der Waals surface area contributed by atoms with Crippen LogP contribution in [-0.2, 0) is 11.3 Å². The van der Waals surface area contributed by atoms with Crippen LogP contribution in [0.1, 0.15) is 31.2 Å². The van der Waals surface area contributed by atoms with Gasteiger partial charge >= 0.3 is 0 Å². The zero-order valence-electron chi connectivity index (χ0n) is 15.6. The quantitative estimate of drug-likeness (QED) is 0.506. The predicted molar refractivity (Wildman–Crippen MR) is 105 cm³/mol. The van der Waals surface area contributed by atoms with E-state index in [0.29, 0.717) is 30.5 Å². The highest BCUT2D eigenvalue weighted by Crippen LogP contribution is 2.37. The van der Waals surface area contributed by atoms with Gasteiger partial charge < -0.3 is 14.2 Å². The number of halogens is 2. The van der Waals surface area contributed by atoms with E-state index in [1.807, 2.05) is 6.92 Å². The summed E-state index contributed by atoms with van der Waals surface area (Å²) >= 11 is 12.6. The summed E-state index contributed by atoms with van der Waals surface area (Å²) in [5.41, 5.74) is 0.512. The molecule has 0 bridgehead atoms. The van der Waals surface area contributed by atoms with Crippen LogP contribution in [0.15, 0.2) is 16.7 Å². The SMILES string of the molecule is COC(C)c1noc(CN2CCCN(c3c(Cl)cc([N+](=O)[O-])cc3Cl)CC2)n1. The van der Waals surface area contributed by atoms with Gasteiger partial charge in [-0.3, -0.25) is 15.0 Å². The van der Waals surface area contributed by atoms with E-state index in [1.165, 1.54) is 12.1 Å². The van der Waals surface area contributed by atoms with Crippen LogP contribution in [0.4, 0.5) is 11.4 Å². The fourth-order valence-corrected chi connectivity index (χ4v) is 3.82. The summed E-state index contributed by atoms with van der Waals surface area (Å²) in [4.78, 5) is 19.1. The first-order chi connectivity index (χ1) is 13.4. The number of nitrogens with zero attached hydrogens (tertiary/aromatic N) is 5. The molecule has 2 heterocycles. The van der Waals surface area contributed by atoms with Crippen molar-refractivity contribution in [2.45, 2.75) is 26.0 Å². The zero-order chi connectivity index (χ0) is 20.3. The molecule has 2 aromatic rings. The summed E-state index contributed by atoms with van der Waals surface area (Å²) in [7, 11) is 1.60. The van der Waals surface area contributed by atoms with Crippen LogP contribution in [0, 0.1) is 10.1 Å². The Balaban J connectivity index is 1.67. The lowest BCUT2D eigenvalue weighted by Crippen LogP contribution is -2.31. The molecule has 0 saturated carbocycles. The average Bonchev–Trinajstić information content (AvgIpc) is 3.00. The second kappa shape index (κ2) is 9.04. The molecule has 0 amide bonds. The molecular weight excluding hydrogens is 409 g/mol. The van der Waals surface area contributed by atoms with Crippen molar-refractivity contribution in [3.8, 4) is 0 Å². The van der Waals surface area contributed by atoms with Crippen molar-refractivity contribution in [1.82, 2.24) is 15.0 Å². The van der Waals surface area contributed by atoms with Crippen molar-refractivity contribution in [2.75, 3.05) is 38.2 Å². The monoisotopic (exact) mass is 429 g/mol. The van der Waals surface area contributed by atoms with E-state index in [-0.39, 0.29) is 21.8 Å². The molecule has 1 aliphatic heterocycles. The van der Waals surface area contributed by atoms with Gasteiger partial charge in [0.1, 0.15) is 6.10 Å². The Morgan fingerprint density at radius 2 is 2.00 bits per heavy atom. The highest BCUT2D eigenvalue weighted by molar-refractivity contribution is 6.39. The van der Waals surface area contributed by atoms with Crippen molar-refractivity contribution in [3.05, 3.63) is 44.0 Å². The van der Waals surface area contributed by atoms with Crippen molar-refractivity contribution >= 4 is 34.6 Å². The number of nitro groups is 1. The van der Waals surface area contributed by atoms with Gasteiger partial charge in [0, 0.05) is 45.4 Å². The van der Waals surface area contributed by atoms with Gasteiger partial charge in [-0.25, -0.2) is 0 Å². The second-order valence-corrected chi connectivity index (χ2v) is 7.37. The lowest BCUT2D eigenvalue weighted by Gasteiger charge is -2.25. The number of hydrogen-bond donors (Lipinski definition) is 0. The third kappa shape index (κ3) is 4.72. The Morgan fingerprint density at radius 1 is 1.29 bits per heavy atom. The molecule has 9 nitrogen and oxygen atoms in total. The van der Waals surface area contributed by atoms with Crippen LogP contribution in [0.5, 0.6) is 0 Å². The molecule has 0 spiro atoms. The molecule has 1 unspecified atom stereocenters. The van der Waals surface area contributed by atoms with Crippen LogP contribution in [0.2, 0.25) is 10.0 Å². The van der Waals surface area contributed by atoms with Gasteiger partial charge in [0.2, 0.25) is 5.89 Å². The highest BCUT2D eigenvalue weighted by Gasteiger charge is 2.23. The lowest BCUT2D eigenvalue weighted by atomic mass is 10.2. The number of benzene rings is 1. The maximum absolute atomic E-state index is 11.0. The summed E-state index contributed by atoms with van der Waals surface area (Å²) in [6.07, 6.45) is 0.655. The van der Waals surface area contributed by atoms with Crippen molar-refractivity contribution in [3.63, 3.8) is 0 Å². The van der Waals surface area contributed by atoms with E-state index in [1.54, 1.807) is 7.11 Å². The van der Waals surface area contributed by atoms with E-state index in [2.05, 4.69) is 19.9 Å². The smallest absolute Gasteiger partial charge is 0.272 e. The van der Waals surface area contributed by atoms with Gasteiger partial charge in [0.05, 0.1) is 27.2 Å². The molecule has 1 aromatic carbocycles. The van der Waals surface area contributed by atoms with Crippen LogP contribution in [0.3, 0.4) is 0 Å². The maximum atomic E-state index is 11.0. The van der Waals surface area contributed by atoms with Crippen LogP contribution in [-0.4, -0.2) is 53.3 Å². The van der Waals surface area contributed by atoms with Gasteiger partial charge in [-0.15, -0.1) is 0 Å². The molecule has 0 aliphatic carbocycles. The summed E-state index contributed by atoms with van der Waals surface area (Å²) in [5, 5.41) is 15.5. The molecule has 3 rings (SSSR count). The average molecular weight is 430 g/mol. The number of rotatable bonds is 6. The van der Waals surface area contributed by atoms with Crippen LogP contribution >= 0.6 is 23.2 Å². The number of nitro benzene ring substituents is 1. The number of hydrogen-bond acceptors (Lipinski definition) is 8. The topological polar surface area (TPSA) is 97.8 Å². The number of methoxy groups -OCH3 is 1. The lowest BCUT2D eigenvalue weighted by molar-refractivity contribution is -0.384. The fraction of sp³-hybridized carbons (Fsp3) is 0.529. The fourth-order valence-electron chi connectivity index (χ4n) is 3.11. The van der Waals surface area contributed by atoms with E-state index in [0.717, 1.165) is 26.1 Å². The molecule has 1 fully saturated rings. The predicted octanol–water partition coefficient (Wildman–Crippen LogP) is 3.70. The minimum atomic E-state index is -0.505. The van der Waals surface area contributed by atoms with E-state index in [4.69, 9.17) is 32.5 Å². The Morgan fingerprint density at radius 3 is 2.64 bits per heavy atom. The summed E-state index contributed by atoms with van der Waals surface area (Å²) in [5.74, 6) is 1.07. The van der Waals surface area contributed by atoms with Crippen molar-refractivity contribution in [2.24, 2.45) is 0 Å². The van der Waals surface area contributed by atoms with E-state index in [9.17, 15) is 10.1 Å². The molecule has 152 valence electrons. The minimum Gasteiger partial charge on any atom is -0.374 e. The maximum Gasteiger partial charge on any atom is 0.272 e. The molecule has 28 heavy (non-hydrogen) atoms. The Bertz CT molecular complexity index is 824. The summed E-state index contributed by atoms with van der Waals surface area (Å²) in [6, 6.07) is 2.67. The van der Waals surface area contributed by atoms with Crippen molar-refractivity contribution in [1.29, 1.82) is 0 Å². The zero-order valence-corrected chi connectivity index (χ0v) is 17.1. The molecule has 0 N–H and O–H groups in total. The normalized spacial score (nSPS) is 16.8. The first-order valence-electron chi connectivity index (χ1n) is 8.85. The Labute approximate surface area is 172 Å². The third-order valence-electron chi connectivity index (χ3n) is 4.68. The number of non-ortho nitro benzene ring substituents is 1. The van der Waals surface area contributed by atoms with E-state index < -0.39 is 4.92 Å². The van der Waals surface area contributed by atoms with Gasteiger partial charge in [0.25, 0.3) is 5.69 Å². The summed E-state index contributed by atoms with van der Waals surface area (Å²) in [6.45, 7) is 5.39. The molecule has 1 atom stereocenters. The first kappa shape index (κ1) is 20.8. The highest BCUT2D eigenvalue weighted by atomic mass is 35.5. The molecule has 11 heteroatoms. The van der Waals surface area contributed by atoms with Crippen molar-refractivity contribution < 1.29 is 14.2 Å². The minimum absolute atomic E-state index is 0.118. The molecule has 1 saturated heterocycles. The standard InChI is InChI=1S/C17H21Cl2N5O4/c1-11(27-2)17-20-15(28-21-17)10-22-4-3-5-23(7-6-22)16-13(18)8-12(24(25)26)9-14(16)19/h8-9,11H,3-7,10H2,1-2H3. The molecule has 1 aliphatic rings. The van der Waals surface area contributed by atoms with E-state index >= 15 is 0 Å². The number of ether oxygens (including phenoxy) is 1. The van der Waals surface area contributed by atoms with Crippen LogP contribution in [0.25, 0.3) is 0 Å². The molecular formula is C17H21Cl2N5O4. The van der Waals surface area contributed by atoms with Gasteiger partial charge in [0.15, 0.2) is 5.82 Å². The largest absolute Gasteiger partial charge is 0.374 e. The van der Waals surface area contributed by atoms with Crippen LogP contribution < -0.4 is 4.90 Å². The number of anilines is 1. The Hall–Kier alpha value is -1.94. The van der Waals surface area contributed by atoms with Gasteiger partial charge in [-0.1, -0.05) is 28.4 Å². The molecule has 0 radical (unpaired) electrons. The molecule has 1 aromatic heterocycles. The van der Waals surface area contributed by atoms with Gasteiger partial charge in [-0.2, -0.15) is 4.98 Å². The third-order valence-corrected chi connectivity index (χ3v) is 5.25. The number of aromatic nitrogens is 2. The van der Waals surface area contributed by atoms with Gasteiger partial charge in [-0.05, 0) is 13.3 Å². The second-order valence-electron chi connectivity index (χ2n) is 6.56. The Kier molecular flexibility index (Phi) is 6.71. The first-order valence-corrected chi connectivity index (χ1v) is 9.60. The summed E-state index contributed by atoms with van der Waals surface area (Å²) < 4.78 is 10.5.